The highest BCUT2D eigenvalue weighted by molar-refractivity contribution is 5.85. The van der Waals surface area contributed by atoms with Gasteiger partial charge in [0.15, 0.2) is 0 Å². The summed E-state index contributed by atoms with van der Waals surface area (Å²) < 4.78 is 0. The van der Waals surface area contributed by atoms with E-state index in [-0.39, 0.29) is 18.1 Å². The van der Waals surface area contributed by atoms with Crippen LogP contribution >= 0.6 is 12.4 Å². The highest BCUT2D eigenvalue weighted by Crippen LogP contribution is 2.23. The van der Waals surface area contributed by atoms with Crippen LogP contribution in [0, 0.1) is 17.0 Å². The predicted molar refractivity (Wildman–Crippen MR) is 52.9 cm³/mol. The topological polar surface area (TPSA) is 81.2 Å². The number of halogens is 1. The summed E-state index contributed by atoms with van der Waals surface area (Å²) in [5, 5.41) is 10.4. The fraction of sp³-hybridized carbons (Fsp3) is 0.143. The van der Waals surface area contributed by atoms with Crippen LogP contribution in [0.3, 0.4) is 0 Å². The summed E-state index contributed by atoms with van der Waals surface area (Å²) in [6.07, 6.45) is 0. The standard InChI is InChI=1S/C7H9N3O2.ClH/c1-5-2-3-6(9-8)7(4-5)10(11)12;/h2-4,9H,8H2,1H3;1H. The molecule has 1 rings (SSSR count). The summed E-state index contributed by atoms with van der Waals surface area (Å²) in [5.41, 5.74) is 3.42. The first kappa shape index (κ1) is 11.7. The zero-order chi connectivity index (χ0) is 9.14. The average Bonchev–Trinajstić information content (AvgIpc) is 2.04. The Morgan fingerprint density at radius 2 is 2.15 bits per heavy atom. The summed E-state index contributed by atoms with van der Waals surface area (Å²) in [5.74, 6) is 5.08. The van der Waals surface area contributed by atoms with E-state index in [0.717, 1.165) is 5.56 Å². The first-order valence-electron chi connectivity index (χ1n) is 3.37. The Morgan fingerprint density at radius 1 is 1.54 bits per heavy atom. The molecule has 13 heavy (non-hydrogen) atoms. The number of anilines is 1. The molecule has 0 unspecified atom stereocenters. The molecule has 0 radical (unpaired) electrons. The number of rotatable bonds is 2. The SMILES string of the molecule is Cc1ccc(NN)c([N+](=O)[O-])c1.Cl. The van der Waals surface area contributed by atoms with Gasteiger partial charge in [0.05, 0.1) is 4.92 Å². The van der Waals surface area contributed by atoms with Crippen LogP contribution in [0.2, 0.25) is 0 Å². The number of aryl methyl sites for hydroxylation is 1. The number of benzene rings is 1. The lowest BCUT2D eigenvalue weighted by Crippen LogP contribution is -2.08. The Hall–Kier alpha value is -1.33. The van der Waals surface area contributed by atoms with Crippen LogP contribution in [-0.2, 0) is 0 Å². The molecule has 5 nitrogen and oxygen atoms in total. The van der Waals surface area contributed by atoms with Crippen LogP contribution in [0.25, 0.3) is 0 Å². The molecule has 6 heteroatoms. The number of hydrogen-bond donors (Lipinski definition) is 2. The molecule has 0 atom stereocenters. The van der Waals surface area contributed by atoms with Gasteiger partial charge in [-0.05, 0) is 18.6 Å². The first-order valence-corrected chi connectivity index (χ1v) is 3.37. The van der Waals surface area contributed by atoms with Gasteiger partial charge in [-0.3, -0.25) is 16.0 Å². The van der Waals surface area contributed by atoms with E-state index in [9.17, 15) is 10.1 Å². The summed E-state index contributed by atoms with van der Waals surface area (Å²) >= 11 is 0. The third kappa shape index (κ3) is 2.57. The van der Waals surface area contributed by atoms with Crippen LogP contribution in [0.1, 0.15) is 5.56 Å². The van der Waals surface area contributed by atoms with Crippen molar-refractivity contribution in [1.82, 2.24) is 0 Å². The number of nitrogens with one attached hydrogen (secondary N) is 1. The maximum atomic E-state index is 10.4. The molecule has 0 aliphatic heterocycles. The Morgan fingerprint density at radius 3 is 2.62 bits per heavy atom. The van der Waals surface area contributed by atoms with Gasteiger partial charge in [-0.25, -0.2) is 0 Å². The average molecular weight is 204 g/mol. The number of hydrogen-bond acceptors (Lipinski definition) is 4. The molecule has 0 bridgehead atoms. The molecule has 0 aliphatic rings. The van der Waals surface area contributed by atoms with E-state index in [1.165, 1.54) is 6.07 Å². The molecule has 0 aromatic heterocycles. The van der Waals surface area contributed by atoms with E-state index in [1.54, 1.807) is 19.1 Å². The summed E-state index contributed by atoms with van der Waals surface area (Å²) in [6, 6.07) is 4.80. The first-order chi connectivity index (χ1) is 5.65. The number of nitrogen functional groups attached to an aromatic ring is 1. The second kappa shape index (κ2) is 4.64. The van der Waals surface area contributed by atoms with Crippen LogP contribution in [0.5, 0.6) is 0 Å². The van der Waals surface area contributed by atoms with Gasteiger partial charge in [0.2, 0.25) is 0 Å². The fourth-order valence-electron chi connectivity index (χ4n) is 0.915. The second-order valence-electron chi connectivity index (χ2n) is 2.42. The number of hydrazine groups is 1. The molecule has 0 saturated carbocycles. The van der Waals surface area contributed by atoms with E-state index in [4.69, 9.17) is 5.84 Å². The summed E-state index contributed by atoms with van der Waals surface area (Å²) in [6.45, 7) is 1.79. The van der Waals surface area contributed by atoms with Gasteiger partial charge < -0.3 is 5.43 Å². The smallest absolute Gasteiger partial charge is 0.293 e. The third-order valence-electron chi connectivity index (χ3n) is 1.51. The summed E-state index contributed by atoms with van der Waals surface area (Å²) in [7, 11) is 0. The predicted octanol–water partition coefficient (Wildman–Crippen LogP) is 1.61. The van der Waals surface area contributed by atoms with E-state index >= 15 is 0 Å². The zero-order valence-corrected chi connectivity index (χ0v) is 7.80. The monoisotopic (exact) mass is 203 g/mol. The molecule has 3 N–H and O–H groups in total. The molecule has 0 aliphatic carbocycles. The molecular formula is C7H10ClN3O2. The van der Waals surface area contributed by atoms with E-state index in [1.807, 2.05) is 0 Å². The van der Waals surface area contributed by atoms with Crippen molar-refractivity contribution < 1.29 is 4.92 Å². The van der Waals surface area contributed by atoms with Gasteiger partial charge in [-0.2, -0.15) is 0 Å². The molecule has 0 saturated heterocycles. The number of nitrogens with zero attached hydrogens (tertiary/aromatic N) is 1. The van der Waals surface area contributed by atoms with Gasteiger partial charge in [-0.15, -0.1) is 12.4 Å². The molecule has 0 fully saturated rings. The lowest BCUT2D eigenvalue weighted by Gasteiger charge is -2.01. The van der Waals surface area contributed by atoms with Crippen molar-refractivity contribution in [3.63, 3.8) is 0 Å². The molecule has 0 heterocycles. The van der Waals surface area contributed by atoms with Crippen molar-refractivity contribution in [2.24, 2.45) is 5.84 Å². The highest BCUT2D eigenvalue weighted by Gasteiger charge is 2.11. The van der Waals surface area contributed by atoms with Gasteiger partial charge in [-0.1, -0.05) is 6.07 Å². The Balaban J connectivity index is 0.00000144. The van der Waals surface area contributed by atoms with Crippen molar-refractivity contribution in [3.05, 3.63) is 33.9 Å². The maximum Gasteiger partial charge on any atom is 0.293 e. The van der Waals surface area contributed by atoms with Crippen LogP contribution in [-0.4, -0.2) is 4.92 Å². The maximum absolute atomic E-state index is 10.4. The van der Waals surface area contributed by atoms with Crippen LogP contribution in [0.4, 0.5) is 11.4 Å². The quantitative estimate of drug-likeness (QED) is 0.435. The molecule has 1 aromatic rings. The van der Waals surface area contributed by atoms with E-state index < -0.39 is 4.92 Å². The zero-order valence-electron chi connectivity index (χ0n) is 6.98. The van der Waals surface area contributed by atoms with Gasteiger partial charge in [0.1, 0.15) is 5.69 Å². The van der Waals surface area contributed by atoms with Crippen molar-refractivity contribution in [2.75, 3.05) is 5.43 Å². The Kier molecular flexibility index (Phi) is 4.16. The van der Waals surface area contributed by atoms with E-state index in [0.29, 0.717) is 5.69 Å². The molecular weight excluding hydrogens is 194 g/mol. The van der Waals surface area contributed by atoms with Crippen molar-refractivity contribution in [1.29, 1.82) is 0 Å². The van der Waals surface area contributed by atoms with Crippen molar-refractivity contribution >= 4 is 23.8 Å². The molecule has 0 spiro atoms. The lowest BCUT2D eigenvalue weighted by atomic mass is 10.2. The molecule has 0 amide bonds. The number of nitro groups is 1. The molecule has 72 valence electrons. The third-order valence-corrected chi connectivity index (χ3v) is 1.51. The summed E-state index contributed by atoms with van der Waals surface area (Å²) in [4.78, 5) is 9.97. The lowest BCUT2D eigenvalue weighted by molar-refractivity contribution is -0.384. The van der Waals surface area contributed by atoms with Crippen LogP contribution < -0.4 is 11.3 Å². The van der Waals surface area contributed by atoms with E-state index in [2.05, 4.69) is 5.43 Å². The minimum atomic E-state index is -0.470. The highest BCUT2D eigenvalue weighted by atomic mass is 35.5. The minimum absolute atomic E-state index is 0. The minimum Gasteiger partial charge on any atom is -0.318 e. The van der Waals surface area contributed by atoms with Crippen LogP contribution in [0.15, 0.2) is 18.2 Å². The van der Waals surface area contributed by atoms with Crippen molar-refractivity contribution in [2.45, 2.75) is 6.92 Å². The second-order valence-corrected chi connectivity index (χ2v) is 2.42. The Labute approximate surface area is 81.5 Å². The van der Waals surface area contributed by atoms with Gasteiger partial charge in [0, 0.05) is 6.07 Å². The normalized spacial score (nSPS) is 8.77. The Bertz CT molecular complexity index is 317. The fourth-order valence-corrected chi connectivity index (χ4v) is 0.915. The van der Waals surface area contributed by atoms with Crippen molar-refractivity contribution in [3.8, 4) is 0 Å². The largest absolute Gasteiger partial charge is 0.318 e. The number of nitrogens with two attached hydrogens (primary N) is 1. The van der Waals surface area contributed by atoms with Gasteiger partial charge in [0.25, 0.3) is 5.69 Å². The molecule has 1 aromatic carbocycles. The van der Waals surface area contributed by atoms with Gasteiger partial charge >= 0.3 is 0 Å². The number of nitro benzene ring substituents is 1.